The molecule has 3 aromatic carbocycles. The molecule has 3 nitrogen and oxygen atoms in total. The average molecular weight is 547 g/mol. The van der Waals surface area contributed by atoms with Crippen molar-refractivity contribution in [1.82, 2.24) is 9.80 Å². The summed E-state index contributed by atoms with van der Waals surface area (Å²) in [4.78, 5) is 9.65. The minimum absolute atomic E-state index is 0.278. The first-order valence-electron chi connectivity index (χ1n) is 11.3. The Bertz CT molecular complexity index is 1030. The molecule has 0 saturated heterocycles. The summed E-state index contributed by atoms with van der Waals surface area (Å²) in [6.07, 6.45) is 5.04. The van der Waals surface area contributed by atoms with Crippen LogP contribution in [-0.4, -0.2) is 33.3 Å². The molecule has 0 amide bonds. The molecular formula is C29H30IN3. The Morgan fingerprint density at radius 2 is 1.33 bits per heavy atom. The van der Waals surface area contributed by atoms with Crippen molar-refractivity contribution < 1.29 is 0 Å². The second-order valence-electron chi connectivity index (χ2n) is 8.15. The van der Waals surface area contributed by atoms with Crippen molar-refractivity contribution in [3.63, 3.8) is 0 Å². The van der Waals surface area contributed by atoms with Crippen LogP contribution < -0.4 is 0 Å². The number of halogens is 1. The van der Waals surface area contributed by atoms with E-state index in [0.717, 1.165) is 18.0 Å². The van der Waals surface area contributed by atoms with E-state index in [-0.39, 0.29) is 4.05 Å². The van der Waals surface area contributed by atoms with Crippen LogP contribution in [0.1, 0.15) is 30.0 Å². The predicted molar refractivity (Wildman–Crippen MR) is 147 cm³/mol. The molecule has 168 valence electrons. The van der Waals surface area contributed by atoms with Gasteiger partial charge in [0, 0.05) is 31.9 Å². The predicted octanol–water partition coefficient (Wildman–Crippen LogP) is 6.82. The Hall–Kier alpha value is -2.86. The maximum Gasteiger partial charge on any atom is 0.122 e. The van der Waals surface area contributed by atoms with Crippen molar-refractivity contribution in [2.45, 2.75) is 22.9 Å². The Balaban J connectivity index is 2.12. The molecule has 0 aliphatic carbocycles. The first-order valence-corrected chi connectivity index (χ1v) is 12.6. The van der Waals surface area contributed by atoms with Crippen LogP contribution in [0.5, 0.6) is 0 Å². The molecule has 0 bridgehead atoms. The summed E-state index contributed by atoms with van der Waals surface area (Å²) in [7, 11) is 2.11. The number of amidine groups is 1. The van der Waals surface area contributed by atoms with E-state index in [4.69, 9.17) is 4.99 Å². The number of hydrogen-bond donors (Lipinski definition) is 0. The summed E-state index contributed by atoms with van der Waals surface area (Å²) in [6.45, 7) is 7.37. The molecule has 1 heterocycles. The van der Waals surface area contributed by atoms with Gasteiger partial charge in [-0.15, -0.1) is 0 Å². The zero-order valence-electron chi connectivity index (χ0n) is 19.2. The van der Waals surface area contributed by atoms with Gasteiger partial charge in [0.25, 0.3) is 0 Å². The summed E-state index contributed by atoms with van der Waals surface area (Å²) in [5, 5.41) is 0. The lowest BCUT2D eigenvalue weighted by molar-refractivity contribution is 0.314. The van der Waals surface area contributed by atoms with Crippen molar-refractivity contribution in [3.8, 4) is 0 Å². The SMILES string of the molecule is C=C1/C=C\N(C)C(I)CC(=NCC)N1C(c1ccccc1)(c1ccccc1)c1ccccc1. The van der Waals surface area contributed by atoms with Crippen molar-refractivity contribution in [3.05, 3.63) is 132 Å². The number of alkyl halides is 1. The second kappa shape index (κ2) is 10.4. The van der Waals surface area contributed by atoms with E-state index in [0.29, 0.717) is 6.54 Å². The fraction of sp³-hybridized carbons (Fsp3) is 0.207. The normalized spacial score (nSPS) is 19.3. The molecule has 4 heteroatoms. The standard InChI is InChI=1S/C29H30IN3/c1-4-31-28-22-27(30)32(3)21-20-23(2)33(28)29(24-14-8-5-9-15-24,25-16-10-6-11-17-25)26-18-12-7-13-19-26/h5-21,27H,2,4,22H2,1,3H3/b21-20-,31-28?. The largest absolute Gasteiger partial charge is 0.368 e. The number of nitrogens with zero attached hydrogens (tertiary/aromatic N) is 3. The average Bonchev–Trinajstić information content (AvgIpc) is 2.86. The molecule has 0 saturated carbocycles. The lowest BCUT2D eigenvalue weighted by atomic mass is 9.75. The van der Waals surface area contributed by atoms with Gasteiger partial charge in [-0.3, -0.25) is 4.99 Å². The third-order valence-electron chi connectivity index (χ3n) is 6.09. The highest BCUT2D eigenvalue weighted by Crippen LogP contribution is 2.45. The monoisotopic (exact) mass is 547 g/mol. The molecule has 4 rings (SSSR count). The van der Waals surface area contributed by atoms with Crippen LogP contribution in [0.2, 0.25) is 0 Å². The van der Waals surface area contributed by atoms with Crippen LogP contribution in [0.3, 0.4) is 0 Å². The molecular weight excluding hydrogens is 517 g/mol. The summed E-state index contributed by atoms with van der Waals surface area (Å²) in [6, 6.07) is 32.2. The van der Waals surface area contributed by atoms with Gasteiger partial charge in [-0.1, -0.05) is 120 Å². The number of rotatable bonds is 5. The van der Waals surface area contributed by atoms with Crippen LogP contribution in [0, 0.1) is 0 Å². The highest BCUT2D eigenvalue weighted by Gasteiger charge is 2.45. The minimum Gasteiger partial charge on any atom is -0.368 e. The third kappa shape index (κ3) is 4.49. The molecule has 1 aliphatic rings. The van der Waals surface area contributed by atoms with Crippen molar-refractivity contribution in [2.24, 2.45) is 4.99 Å². The van der Waals surface area contributed by atoms with E-state index in [2.05, 4.69) is 156 Å². The van der Waals surface area contributed by atoms with E-state index in [1.807, 2.05) is 0 Å². The van der Waals surface area contributed by atoms with Crippen molar-refractivity contribution in [1.29, 1.82) is 0 Å². The van der Waals surface area contributed by atoms with E-state index < -0.39 is 5.54 Å². The molecule has 0 spiro atoms. The summed E-state index contributed by atoms with van der Waals surface area (Å²) < 4.78 is 0.278. The van der Waals surface area contributed by atoms with Crippen LogP contribution in [0.15, 0.2) is 121 Å². The lowest BCUT2D eigenvalue weighted by Crippen LogP contribution is -2.52. The quantitative estimate of drug-likeness (QED) is 0.151. The fourth-order valence-electron chi connectivity index (χ4n) is 4.58. The van der Waals surface area contributed by atoms with Gasteiger partial charge in [0.15, 0.2) is 0 Å². The Labute approximate surface area is 211 Å². The van der Waals surface area contributed by atoms with Crippen LogP contribution in [-0.2, 0) is 5.54 Å². The maximum absolute atomic E-state index is 5.06. The topological polar surface area (TPSA) is 18.8 Å². The van der Waals surface area contributed by atoms with Gasteiger partial charge >= 0.3 is 0 Å². The lowest BCUT2D eigenvalue weighted by Gasteiger charge is -2.48. The van der Waals surface area contributed by atoms with Gasteiger partial charge in [-0.05, 0) is 29.7 Å². The van der Waals surface area contributed by atoms with Gasteiger partial charge in [-0.25, -0.2) is 0 Å². The van der Waals surface area contributed by atoms with Crippen molar-refractivity contribution >= 4 is 28.4 Å². The number of benzene rings is 3. The number of aliphatic imine (C=N–C) groups is 1. The number of hydrogen-bond acceptors (Lipinski definition) is 2. The van der Waals surface area contributed by atoms with E-state index >= 15 is 0 Å². The van der Waals surface area contributed by atoms with Gasteiger partial charge in [0.1, 0.15) is 11.4 Å². The highest BCUT2D eigenvalue weighted by atomic mass is 127. The first-order chi connectivity index (χ1) is 16.1. The molecule has 33 heavy (non-hydrogen) atoms. The maximum atomic E-state index is 5.06. The van der Waals surface area contributed by atoms with E-state index in [9.17, 15) is 0 Å². The van der Waals surface area contributed by atoms with Gasteiger partial charge < -0.3 is 9.80 Å². The molecule has 1 aliphatic heterocycles. The molecule has 1 unspecified atom stereocenters. The number of allylic oxidation sites excluding steroid dienone is 1. The fourth-order valence-corrected chi connectivity index (χ4v) is 5.15. The molecule has 0 radical (unpaired) electrons. The molecule has 0 N–H and O–H groups in total. The first kappa shape index (κ1) is 23.3. The van der Waals surface area contributed by atoms with Gasteiger partial charge in [0.05, 0.1) is 4.05 Å². The molecule has 3 aromatic rings. The van der Waals surface area contributed by atoms with E-state index in [1.54, 1.807) is 0 Å². The Kier molecular flexibility index (Phi) is 7.33. The smallest absolute Gasteiger partial charge is 0.122 e. The molecule has 0 aromatic heterocycles. The zero-order chi connectivity index (χ0) is 23.3. The Morgan fingerprint density at radius 3 is 1.76 bits per heavy atom. The van der Waals surface area contributed by atoms with Crippen LogP contribution in [0.4, 0.5) is 0 Å². The van der Waals surface area contributed by atoms with Crippen molar-refractivity contribution in [2.75, 3.05) is 13.6 Å². The summed E-state index contributed by atoms with van der Waals surface area (Å²) >= 11 is 2.51. The van der Waals surface area contributed by atoms with Crippen LogP contribution in [0.25, 0.3) is 0 Å². The van der Waals surface area contributed by atoms with Gasteiger partial charge in [-0.2, -0.15) is 0 Å². The summed E-state index contributed by atoms with van der Waals surface area (Å²) in [5.41, 5.74) is 3.83. The van der Waals surface area contributed by atoms with Gasteiger partial charge in [0.2, 0.25) is 0 Å². The molecule has 0 fully saturated rings. The van der Waals surface area contributed by atoms with E-state index in [1.165, 1.54) is 16.7 Å². The highest BCUT2D eigenvalue weighted by molar-refractivity contribution is 14.1. The second-order valence-corrected chi connectivity index (χ2v) is 9.58. The molecule has 1 atom stereocenters. The van der Waals surface area contributed by atoms with Crippen LogP contribution >= 0.6 is 22.6 Å². The zero-order valence-corrected chi connectivity index (χ0v) is 21.4. The minimum atomic E-state index is -0.620. The third-order valence-corrected chi connectivity index (χ3v) is 7.41. The Morgan fingerprint density at radius 1 is 0.879 bits per heavy atom. The summed E-state index contributed by atoms with van der Waals surface area (Å²) in [5.74, 6) is 1.04.